The van der Waals surface area contributed by atoms with E-state index < -0.39 is 0 Å². The second kappa shape index (κ2) is 7.79. The van der Waals surface area contributed by atoms with Gasteiger partial charge in [-0.2, -0.15) is 5.10 Å². The number of carbonyl (C=O) groups is 1. The van der Waals surface area contributed by atoms with Crippen LogP contribution < -0.4 is 10.5 Å². The van der Waals surface area contributed by atoms with Gasteiger partial charge in [0.2, 0.25) is 5.91 Å². The van der Waals surface area contributed by atoms with Gasteiger partial charge in [-0.1, -0.05) is 48.0 Å². The molecule has 2 aromatic heterocycles. The molecule has 6 heteroatoms. The fourth-order valence-corrected chi connectivity index (χ4v) is 4.68. The van der Waals surface area contributed by atoms with Crippen LogP contribution in [0.15, 0.2) is 59.5 Å². The number of amides is 1. The van der Waals surface area contributed by atoms with Gasteiger partial charge in [-0.15, -0.1) is 0 Å². The van der Waals surface area contributed by atoms with Crippen molar-refractivity contribution < 1.29 is 4.79 Å². The van der Waals surface area contributed by atoms with Gasteiger partial charge in [-0.3, -0.25) is 9.59 Å². The zero-order chi connectivity index (χ0) is 22.4. The lowest BCUT2D eigenvalue weighted by molar-refractivity contribution is -0.119. The number of hydrogen-bond donors (Lipinski definition) is 0. The molecule has 0 saturated carbocycles. The minimum atomic E-state index is -0.216. The zero-order valence-electron chi connectivity index (χ0n) is 18.6. The van der Waals surface area contributed by atoms with Crippen LogP contribution in [0.25, 0.3) is 10.8 Å². The summed E-state index contributed by atoms with van der Waals surface area (Å²) in [5, 5.41) is 5.83. The molecule has 0 aliphatic carbocycles. The first-order valence-corrected chi connectivity index (χ1v) is 10.9. The van der Waals surface area contributed by atoms with E-state index in [1.807, 2.05) is 38.1 Å². The predicted octanol–water partition coefficient (Wildman–Crippen LogP) is 3.76. The van der Waals surface area contributed by atoms with Crippen molar-refractivity contribution in [2.45, 2.75) is 40.3 Å². The highest BCUT2D eigenvalue weighted by atomic mass is 16.2. The van der Waals surface area contributed by atoms with Crippen molar-refractivity contribution in [2.75, 3.05) is 11.4 Å². The molecule has 0 bridgehead atoms. The van der Waals surface area contributed by atoms with Gasteiger partial charge in [-0.25, -0.2) is 4.68 Å². The van der Waals surface area contributed by atoms with Gasteiger partial charge >= 0.3 is 0 Å². The number of nitrogens with zero attached hydrogens (tertiary/aromatic N) is 4. The average Bonchev–Trinajstić information content (AvgIpc) is 3.32. The molecular formula is C26H26N4O2. The normalized spacial score (nSPS) is 13.0. The molecule has 1 aliphatic heterocycles. The Morgan fingerprint density at radius 3 is 2.53 bits per heavy atom. The number of carbonyl (C=O) groups excluding carboxylic acids is 1. The van der Waals surface area contributed by atoms with Gasteiger partial charge in [0.25, 0.3) is 5.56 Å². The maximum Gasteiger partial charge on any atom is 0.276 e. The summed E-state index contributed by atoms with van der Waals surface area (Å²) in [5.74, 6) is -0.114. The molecule has 32 heavy (non-hydrogen) atoms. The molecule has 0 saturated heterocycles. The molecule has 2 aromatic carbocycles. The summed E-state index contributed by atoms with van der Waals surface area (Å²) < 4.78 is 3.45. The van der Waals surface area contributed by atoms with E-state index in [0.717, 1.165) is 34.4 Å². The Bertz CT molecular complexity index is 1400. The quantitative estimate of drug-likeness (QED) is 0.499. The lowest BCUT2D eigenvalue weighted by Crippen LogP contribution is -2.36. The third kappa shape index (κ3) is 3.32. The number of rotatable bonds is 4. The number of benzene rings is 2. The standard InChI is InChI=1S/C26H26N4O2/c1-17-8-10-20(11-9-17)15-29-18(2)22-14-27-30(26(32)25(22)19(29)3)16-24(31)28-13-12-21-6-4-5-7-23(21)28/h4-11,14H,12-13,15-16H2,1-3H3. The number of hydrogen-bond acceptors (Lipinski definition) is 3. The van der Waals surface area contributed by atoms with Crippen molar-refractivity contribution in [3.8, 4) is 0 Å². The Labute approximate surface area is 186 Å². The fraction of sp³-hybridized carbons (Fsp3) is 0.269. The maximum atomic E-state index is 13.3. The monoisotopic (exact) mass is 426 g/mol. The molecule has 0 N–H and O–H groups in total. The number of fused-ring (bicyclic) bond motifs is 2. The molecule has 0 atom stereocenters. The molecule has 1 amide bonds. The Morgan fingerprint density at radius 2 is 1.75 bits per heavy atom. The average molecular weight is 427 g/mol. The van der Waals surface area contributed by atoms with Crippen LogP contribution in [0, 0.1) is 20.8 Å². The van der Waals surface area contributed by atoms with Crippen LogP contribution in [-0.4, -0.2) is 26.8 Å². The van der Waals surface area contributed by atoms with E-state index in [1.54, 1.807) is 11.1 Å². The molecule has 6 nitrogen and oxygen atoms in total. The molecular weight excluding hydrogens is 400 g/mol. The van der Waals surface area contributed by atoms with Crippen molar-refractivity contribution in [3.05, 3.63) is 93.2 Å². The molecule has 162 valence electrons. The van der Waals surface area contributed by atoms with Crippen molar-refractivity contribution in [3.63, 3.8) is 0 Å². The Hall–Kier alpha value is -3.67. The predicted molar refractivity (Wildman–Crippen MR) is 126 cm³/mol. The molecule has 0 radical (unpaired) electrons. The number of aryl methyl sites for hydroxylation is 3. The van der Waals surface area contributed by atoms with Crippen LogP contribution in [0.4, 0.5) is 5.69 Å². The van der Waals surface area contributed by atoms with Gasteiger partial charge < -0.3 is 9.47 Å². The highest BCUT2D eigenvalue weighted by Crippen LogP contribution is 2.28. The van der Waals surface area contributed by atoms with Gasteiger partial charge in [0.15, 0.2) is 0 Å². The largest absolute Gasteiger partial charge is 0.343 e. The van der Waals surface area contributed by atoms with Crippen LogP contribution in [0.3, 0.4) is 0 Å². The van der Waals surface area contributed by atoms with E-state index in [2.05, 4.69) is 40.9 Å². The second-order valence-electron chi connectivity index (χ2n) is 8.56. The molecule has 0 unspecified atom stereocenters. The number of anilines is 1. The van der Waals surface area contributed by atoms with Gasteiger partial charge in [0.05, 0.1) is 11.6 Å². The molecule has 0 fully saturated rings. The third-order valence-electron chi connectivity index (χ3n) is 6.54. The second-order valence-corrected chi connectivity index (χ2v) is 8.56. The van der Waals surface area contributed by atoms with Crippen LogP contribution in [0.1, 0.15) is 28.1 Å². The van der Waals surface area contributed by atoms with Crippen molar-refractivity contribution in [1.29, 1.82) is 0 Å². The fourth-order valence-electron chi connectivity index (χ4n) is 4.68. The molecule has 5 rings (SSSR count). The van der Waals surface area contributed by atoms with E-state index in [9.17, 15) is 9.59 Å². The summed E-state index contributed by atoms with van der Waals surface area (Å²) in [4.78, 5) is 28.1. The van der Waals surface area contributed by atoms with E-state index in [1.165, 1.54) is 15.8 Å². The van der Waals surface area contributed by atoms with E-state index in [4.69, 9.17) is 0 Å². The highest BCUT2D eigenvalue weighted by Gasteiger charge is 2.25. The first-order chi connectivity index (χ1) is 15.4. The number of aromatic nitrogens is 3. The summed E-state index contributed by atoms with van der Waals surface area (Å²) in [7, 11) is 0. The molecule has 1 aliphatic rings. The SMILES string of the molecule is Cc1ccc(Cn2c(C)c3cnn(CC(=O)N4CCc5ccccc54)c(=O)c3c2C)cc1. The van der Waals surface area contributed by atoms with Gasteiger partial charge in [0, 0.05) is 35.6 Å². The lowest BCUT2D eigenvalue weighted by Gasteiger charge is -2.17. The Balaban J connectivity index is 1.47. The minimum absolute atomic E-state index is 0.0647. The van der Waals surface area contributed by atoms with Crippen LogP contribution in [-0.2, 0) is 24.3 Å². The van der Waals surface area contributed by atoms with Gasteiger partial charge in [0.1, 0.15) is 6.54 Å². The van der Waals surface area contributed by atoms with Crippen LogP contribution in [0.5, 0.6) is 0 Å². The topological polar surface area (TPSA) is 60.1 Å². The third-order valence-corrected chi connectivity index (χ3v) is 6.54. The van der Waals surface area contributed by atoms with E-state index >= 15 is 0 Å². The van der Waals surface area contributed by atoms with Crippen molar-refractivity contribution in [2.24, 2.45) is 0 Å². The number of para-hydroxylation sites is 1. The molecule has 0 spiro atoms. The smallest absolute Gasteiger partial charge is 0.276 e. The van der Waals surface area contributed by atoms with Crippen LogP contribution >= 0.6 is 0 Å². The summed E-state index contributed by atoms with van der Waals surface area (Å²) in [6.07, 6.45) is 2.55. The zero-order valence-corrected chi connectivity index (χ0v) is 18.6. The van der Waals surface area contributed by atoms with Gasteiger partial charge in [-0.05, 0) is 44.4 Å². The summed E-state index contributed by atoms with van der Waals surface area (Å²) in [5.41, 5.74) is 6.19. The summed E-state index contributed by atoms with van der Waals surface area (Å²) in [6, 6.07) is 16.3. The Morgan fingerprint density at radius 1 is 1.00 bits per heavy atom. The highest BCUT2D eigenvalue weighted by molar-refractivity contribution is 5.95. The van der Waals surface area contributed by atoms with E-state index in [-0.39, 0.29) is 18.0 Å². The Kier molecular flexibility index (Phi) is 4.93. The lowest BCUT2D eigenvalue weighted by atomic mass is 10.1. The maximum absolute atomic E-state index is 13.3. The summed E-state index contributed by atoms with van der Waals surface area (Å²) in [6.45, 7) is 7.32. The van der Waals surface area contributed by atoms with Crippen molar-refractivity contribution >= 4 is 22.4 Å². The summed E-state index contributed by atoms with van der Waals surface area (Å²) >= 11 is 0. The van der Waals surface area contributed by atoms with Crippen LogP contribution in [0.2, 0.25) is 0 Å². The molecule has 3 heterocycles. The van der Waals surface area contributed by atoms with Crippen molar-refractivity contribution in [1.82, 2.24) is 14.3 Å². The first-order valence-electron chi connectivity index (χ1n) is 10.9. The minimum Gasteiger partial charge on any atom is -0.343 e. The first kappa shape index (κ1) is 20.2. The van der Waals surface area contributed by atoms with E-state index in [0.29, 0.717) is 18.5 Å². The molecule has 4 aromatic rings.